The maximum absolute atomic E-state index is 6.57. The van der Waals surface area contributed by atoms with E-state index < -0.39 is 0 Å². The van der Waals surface area contributed by atoms with E-state index in [4.69, 9.17) is 7.85 Å². The van der Waals surface area contributed by atoms with Gasteiger partial charge in [-0.3, -0.25) is 4.90 Å². The van der Waals surface area contributed by atoms with E-state index in [0.29, 0.717) is 12.0 Å². The van der Waals surface area contributed by atoms with Crippen LogP contribution in [0.1, 0.15) is 75.2 Å². The third-order valence-electron chi connectivity index (χ3n) is 5.05. The van der Waals surface area contributed by atoms with Gasteiger partial charge in [0.15, 0.2) is 0 Å². The minimum absolute atomic E-state index is 0.179. The fourth-order valence-corrected chi connectivity index (χ4v) is 5.32. The Labute approximate surface area is 122 Å². The monoisotopic (exact) mass is 263 g/mol. The van der Waals surface area contributed by atoms with Gasteiger partial charge >= 0.3 is 0 Å². The van der Waals surface area contributed by atoms with Gasteiger partial charge in [0.05, 0.1) is 7.85 Å². The average Bonchev–Trinajstić information content (AvgIpc) is 2.09. The van der Waals surface area contributed by atoms with Crippen LogP contribution >= 0.6 is 0 Å². The third-order valence-corrected chi connectivity index (χ3v) is 5.05. The molecule has 1 saturated heterocycles. The van der Waals surface area contributed by atoms with Crippen LogP contribution in [0.2, 0.25) is 5.82 Å². The Morgan fingerprint density at radius 3 is 1.89 bits per heavy atom. The molecule has 1 rings (SSSR count). The van der Waals surface area contributed by atoms with Gasteiger partial charge in [-0.1, -0.05) is 26.6 Å². The first kappa shape index (κ1) is 17.1. The molecule has 0 aromatic rings. The molecule has 110 valence electrons. The van der Waals surface area contributed by atoms with Gasteiger partial charge in [0, 0.05) is 17.1 Å². The number of nitrogens with zero attached hydrogens (tertiary/aromatic N) is 1. The average molecular weight is 263 g/mol. The van der Waals surface area contributed by atoms with Crippen LogP contribution in [0.3, 0.4) is 0 Å². The largest absolute Gasteiger partial charge is 0.291 e. The van der Waals surface area contributed by atoms with Gasteiger partial charge in [-0.25, -0.2) is 0 Å². The van der Waals surface area contributed by atoms with Crippen molar-refractivity contribution < 1.29 is 0 Å². The van der Waals surface area contributed by atoms with Gasteiger partial charge in [-0.2, -0.15) is 0 Å². The van der Waals surface area contributed by atoms with Crippen molar-refractivity contribution in [1.29, 1.82) is 0 Å². The van der Waals surface area contributed by atoms with Crippen LogP contribution in [-0.2, 0) is 0 Å². The molecule has 1 nitrogen and oxygen atoms in total. The van der Waals surface area contributed by atoms with Gasteiger partial charge in [0.25, 0.3) is 0 Å². The summed E-state index contributed by atoms with van der Waals surface area (Å²) in [7, 11) is 6.57. The second-order valence-electron chi connectivity index (χ2n) is 8.96. The molecular formula is C17H34BN. The predicted molar refractivity (Wildman–Crippen MR) is 86.8 cm³/mol. The molecule has 2 unspecified atom stereocenters. The lowest BCUT2D eigenvalue weighted by Gasteiger charge is -2.58. The highest BCUT2D eigenvalue weighted by molar-refractivity contribution is 6.12. The highest BCUT2D eigenvalue weighted by Crippen LogP contribution is 2.50. The number of hydrogen-bond acceptors (Lipinski definition) is 1. The molecular weight excluding hydrogens is 229 g/mol. The van der Waals surface area contributed by atoms with Crippen molar-refractivity contribution in [3.05, 3.63) is 0 Å². The van der Waals surface area contributed by atoms with Crippen molar-refractivity contribution in [3.8, 4) is 0 Å². The molecule has 0 aromatic heterocycles. The Morgan fingerprint density at radius 2 is 1.47 bits per heavy atom. The lowest BCUT2D eigenvalue weighted by Crippen LogP contribution is -2.62. The zero-order chi connectivity index (χ0) is 15.2. The minimum atomic E-state index is 0.179. The Hall–Kier alpha value is 0.0249. The highest BCUT2D eigenvalue weighted by Gasteiger charge is 2.47. The fraction of sp³-hybridized carbons (Fsp3) is 1.00. The van der Waals surface area contributed by atoms with Crippen LogP contribution in [0.5, 0.6) is 0 Å². The van der Waals surface area contributed by atoms with Crippen LogP contribution in [0.4, 0.5) is 0 Å². The summed E-state index contributed by atoms with van der Waals surface area (Å²) in [6, 6.07) is 0.558. The van der Waals surface area contributed by atoms with Gasteiger partial charge in [-0.15, -0.1) is 0 Å². The number of hydrogen-bond donors (Lipinski definition) is 0. The van der Waals surface area contributed by atoms with Gasteiger partial charge in [0.1, 0.15) is 0 Å². The highest BCUT2D eigenvalue weighted by atomic mass is 15.3. The molecule has 0 aromatic carbocycles. The molecule has 2 atom stereocenters. The molecule has 0 bridgehead atoms. The van der Waals surface area contributed by atoms with Crippen molar-refractivity contribution in [2.45, 2.75) is 98.1 Å². The normalized spacial score (nSPS) is 34.8. The van der Waals surface area contributed by atoms with Gasteiger partial charge < -0.3 is 0 Å². The summed E-state index contributed by atoms with van der Waals surface area (Å²) < 4.78 is 0. The van der Waals surface area contributed by atoms with Crippen molar-refractivity contribution in [3.63, 3.8) is 0 Å². The van der Waals surface area contributed by atoms with Crippen LogP contribution < -0.4 is 0 Å². The second-order valence-corrected chi connectivity index (χ2v) is 8.96. The Balaban J connectivity index is 3.25. The molecule has 1 aliphatic rings. The molecule has 2 radical (unpaired) electrons. The number of rotatable bonds is 1. The van der Waals surface area contributed by atoms with E-state index in [1.165, 1.54) is 6.42 Å². The Bertz CT molecular complexity index is 317. The van der Waals surface area contributed by atoms with E-state index >= 15 is 0 Å². The molecule has 0 spiro atoms. The van der Waals surface area contributed by atoms with E-state index in [1.54, 1.807) is 0 Å². The van der Waals surface area contributed by atoms with E-state index in [0.717, 1.165) is 6.42 Å². The minimum Gasteiger partial charge on any atom is -0.291 e. The molecule has 1 heterocycles. The van der Waals surface area contributed by atoms with E-state index in [9.17, 15) is 0 Å². The molecule has 0 amide bonds. The first-order valence-electron chi connectivity index (χ1n) is 7.86. The SMILES string of the molecule is [B]C1C(C)CC(C)(C)N(C(C)C)C(C)(C)CC1(C)C. The molecule has 1 fully saturated rings. The summed E-state index contributed by atoms with van der Waals surface area (Å²) in [5.41, 5.74) is 0.566. The lowest BCUT2D eigenvalue weighted by molar-refractivity contribution is -0.0635. The van der Waals surface area contributed by atoms with E-state index in [2.05, 4.69) is 67.2 Å². The van der Waals surface area contributed by atoms with E-state index in [-0.39, 0.29) is 22.3 Å². The fourth-order valence-electron chi connectivity index (χ4n) is 5.32. The molecule has 1 aliphatic heterocycles. The van der Waals surface area contributed by atoms with Gasteiger partial charge in [-0.05, 0) is 65.7 Å². The van der Waals surface area contributed by atoms with Gasteiger partial charge in [0.2, 0.25) is 0 Å². The maximum Gasteiger partial charge on any atom is 0.0710 e. The molecule has 0 aliphatic carbocycles. The summed E-state index contributed by atoms with van der Waals surface area (Å²) in [6.45, 7) is 21.2. The summed E-state index contributed by atoms with van der Waals surface area (Å²) >= 11 is 0. The molecule has 19 heavy (non-hydrogen) atoms. The van der Waals surface area contributed by atoms with Crippen LogP contribution in [0, 0.1) is 11.3 Å². The lowest BCUT2D eigenvalue weighted by atomic mass is 9.55. The van der Waals surface area contributed by atoms with Crippen molar-refractivity contribution >= 4 is 7.85 Å². The predicted octanol–water partition coefficient (Wildman–Crippen LogP) is 4.67. The van der Waals surface area contributed by atoms with Crippen LogP contribution in [-0.4, -0.2) is 29.9 Å². The van der Waals surface area contributed by atoms with Crippen LogP contribution in [0.15, 0.2) is 0 Å². The van der Waals surface area contributed by atoms with Crippen molar-refractivity contribution in [2.24, 2.45) is 11.3 Å². The summed E-state index contributed by atoms with van der Waals surface area (Å²) in [4.78, 5) is 2.71. The Kier molecular flexibility index (Phi) is 4.58. The van der Waals surface area contributed by atoms with Crippen molar-refractivity contribution in [1.82, 2.24) is 4.90 Å². The Morgan fingerprint density at radius 1 is 1.00 bits per heavy atom. The van der Waals surface area contributed by atoms with Crippen LogP contribution in [0.25, 0.3) is 0 Å². The third kappa shape index (κ3) is 3.38. The van der Waals surface area contributed by atoms with Crippen molar-refractivity contribution in [2.75, 3.05) is 0 Å². The molecule has 0 N–H and O–H groups in total. The standard InChI is InChI=1S/C17H34BN/c1-12(2)19-16(6,7)10-13(3)14(18)15(4,5)11-17(19,8)9/h12-14H,10-11H2,1-9H3. The first-order valence-corrected chi connectivity index (χ1v) is 7.86. The summed E-state index contributed by atoms with van der Waals surface area (Å²) in [5.74, 6) is 0.836. The number of likely N-dealkylation sites (tertiary alicyclic amines) is 1. The second kappa shape index (κ2) is 5.09. The quantitative estimate of drug-likeness (QED) is 0.621. The molecule has 0 saturated carbocycles. The summed E-state index contributed by atoms with van der Waals surface area (Å²) in [5, 5.41) is 0. The topological polar surface area (TPSA) is 3.24 Å². The zero-order valence-corrected chi connectivity index (χ0v) is 14.7. The molecule has 2 heteroatoms. The maximum atomic E-state index is 6.57. The first-order chi connectivity index (χ1) is 8.31. The smallest absolute Gasteiger partial charge is 0.0710 e. The summed E-state index contributed by atoms with van der Waals surface area (Å²) in [6.07, 6.45) is 2.31. The van der Waals surface area contributed by atoms with E-state index in [1.807, 2.05) is 0 Å². The zero-order valence-electron chi connectivity index (χ0n) is 14.7.